The third kappa shape index (κ3) is 5.29. The molecule has 1 N–H and O–H groups in total. The molecule has 194 valence electrons. The molecule has 2 aromatic rings. The monoisotopic (exact) mass is 515 g/mol. The lowest BCUT2D eigenvalue weighted by Gasteiger charge is -2.37. The summed E-state index contributed by atoms with van der Waals surface area (Å²) < 4.78 is 32.7. The van der Waals surface area contributed by atoms with Crippen molar-refractivity contribution in [3.63, 3.8) is 0 Å². The number of hydrogen-bond acceptors (Lipinski definition) is 7. The summed E-state index contributed by atoms with van der Waals surface area (Å²) in [4.78, 5) is 19.5. The van der Waals surface area contributed by atoms with E-state index in [1.54, 1.807) is 4.31 Å². The minimum absolute atomic E-state index is 0.151. The van der Waals surface area contributed by atoms with Gasteiger partial charge in [0, 0.05) is 70.3 Å². The summed E-state index contributed by atoms with van der Waals surface area (Å²) in [6.07, 6.45) is -0.945. The molecule has 0 aliphatic carbocycles. The fourth-order valence-corrected chi connectivity index (χ4v) is 6.56. The average Bonchev–Trinajstić information content (AvgIpc) is 2.92. The van der Waals surface area contributed by atoms with Crippen LogP contribution in [0.1, 0.15) is 0 Å². The average molecular weight is 516 g/mol. The number of benzene rings is 2. The molecule has 3 heterocycles. The first kappa shape index (κ1) is 24.8. The van der Waals surface area contributed by atoms with Crippen LogP contribution in [0.25, 0.3) is 0 Å². The smallest absolute Gasteiger partial charge is 0.411 e. The summed E-state index contributed by atoms with van der Waals surface area (Å²) in [6, 6.07) is 15.8. The Labute approximate surface area is 212 Å². The highest BCUT2D eigenvalue weighted by Gasteiger charge is 2.29. The van der Waals surface area contributed by atoms with E-state index in [-0.39, 0.29) is 5.75 Å². The number of morpholine rings is 1. The summed E-state index contributed by atoms with van der Waals surface area (Å²) >= 11 is 0. The van der Waals surface area contributed by atoms with Crippen molar-refractivity contribution >= 4 is 38.9 Å². The number of sulfonamides is 1. The zero-order valence-electron chi connectivity index (χ0n) is 20.3. The molecule has 0 bridgehead atoms. The van der Waals surface area contributed by atoms with Crippen molar-refractivity contribution in [2.24, 2.45) is 0 Å². The fraction of sp³-hybridized carbons (Fsp3) is 0.480. The summed E-state index contributed by atoms with van der Waals surface area (Å²) in [5.41, 5.74) is 3.61. The summed E-state index contributed by atoms with van der Waals surface area (Å²) in [7, 11) is -3.28. The largest absolute Gasteiger partial charge is 0.465 e. The molecular weight excluding hydrogens is 482 g/mol. The van der Waals surface area contributed by atoms with Gasteiger partial charge in [-0.1, -0.05) is 12.1 Å². The van der Waals surface area contributed by atoms with Crippen LogP contribution in [0, 0.1) is 0 Å². The number of carboxylic acid groups (broad SMARTS) is 1. The third-order valence-corrected chi connectivity index (χ3v) is 9.02. The van der Waals surface area contributed by atoms with Crippen LogP contribution in [0.2, 0.25) is 0 Å². The van der Waals surface area contributed by atoms with Crippen LogP contribution >= 0.6 is 0 Å². The van der Waals surface area contributed by atoms with Crippen LogP contribution in [0.5, 0.6) is 0 Å². The van der Waals surface area contributed by atoms with Gasteiger partial charge < -0.3 is 19.6 Å². The van der Waals surface area contributed by atoms with E-state index in [0.717, 1.165) is 30.2 Å². The molecule has 0 aromatic heterocycles. The van der Waals surface area contributed by atoms with E-state index in [2.05, 4.69) is 26.8 Å². The number of ether oxygens (including phenoxy) is 1. The second kappa shape index (κ2) is 10.6. The predicted octanol–water partition coefficient (Wildman–Crippen LogP) is 2.11. The van der Waals surface area contributed by atoms with Gasteiger partial charge in [0.15, 0.2) is 0 Å². The number of fused-ring (bicyclic) bond motifs is 1. The molecule has 5 rings (SSSR count). The Morgan fingerprint density at radius 1 is 0.806 bits per heavy atom. The minimum atomic E-state index is -3.28. The van der Waals surface area contributed by atoms with Gasteiger partial charge in [-0.2, -0.15) is 4.31 Å². The Bertz CT molecular complexity index is 1160. The number of anilines is 4. The standard InChI is InChI=1S/C25H33N5O5S/c31-25(32)30-14-13-29(23-3-1-2-4-24(23)30)22-7-5-21(6-8-22)27-9-11-28(12-10-27)36(33,34)20-17-26-15-18-35-19-16-26/h1-8H,9-20H2,(H,31,32). The van der Waals surface area contributed by atoms with E-state index in [1.165, 1.54) is 4.90 Å². The maximum absolute atomic E-state index is 12.9. The molecule has 0 saturated carbocycles. The van der Waals surface area contributed by atoms with E-state index in [9.17, 15) is 18.3 Å². The number of hydrogen-bond donors (Lipinski definition) is 1. The molecule has 0 atom stereocenters. The van der Waals surface area contributed by atoms with Crippen molar-refractivity contribution in [1.82, 2.24) is 9.21 Å². The highest BCUT2D eigenvalue weighted by Crippen LogP contribution is 2.38. The highest BCUT2D eigenvalue weighted by molar-refractivity contribution is 7.89. The fourth-order valence-electron chi connectivity index (χ4n) is 5.09. The Balaban J connectivity index is 1.19. The zero-order chi connectivity index (χ0) is 25.1. The van der Waals surface area contributed by atoms with Crippen molar-refractivity contribution < 1.29 is 23.1 Å². The van der Waals surface area contributed by atoms with Gasteiger partial charge in [-0.3, -0.25) is 9.80 Å². The number of nitrogens with zero attached hydrogens (tertiary/aromatic N) is 5. The summed E-state index contributed by atoms with van der Waals surface area (Å²) in [6.45, 7) is 6.71. The number of carbonyl (C=O) groups is 1. The van der Waals surface area contributed by atoms with Crippen LogP contribution in [0.4, 0.5) is 27.5 Å². The molecule has 36 heavy (non-hydrogen) atoms. The van der Waals surface area contributed by atoms with Crippen LogP contribution in [0.3, 0.4) is 0 Å². The maximum Gasteiger partial charge on any atom is 0.411 e. The van der Waals surface area contributed by atoms with Crippen LogP contribution in [0.15, 0.2) is 48.5 Å². The number of amides is 1. The van der Waals surface area contributed by atoms with Gasteiger partial charge in [0.05, 0.1) is 30.3 Å². The van der Waals surface area contributed by atoms with Gasteiger partial charge in [-0.05, 0) is 36.4 Å². The van der Waals surface area contributed by atoms with Gasteiger partial charge in [0.25, 0.3) is 0 Å². The molecule has 3 aliphatic rings. The molecule has 0 unspecified atom stereocenters. The van der Waals surface area contributed by atoms with Gasteiger partial charge in [0.1, 0.15) is 0 Å². The third-order valence-electron chi connectivity index (χ3n) is 7.17. The van der Waals surface area contributed by atoms with Crippen LogP contribution < -0.4 is 14.7 Å². The molecule has 2 saturated heterocycles. The number of rotatable bonds is 6. The Morgan fingerprint density at radius 2 is 1.44 bits per heavy atom. The summed E-state index contributed by atoms with van der Waals surface area (Å²) in [5.74, 6) is 0.151. The molecular formula is C25H33N5O5S. The van der Waals surface area contributed by atoms with Crippen molar-refractivity contribution in [3.8, 4) is 0 Å². The second-order valence-electron chi connectivity index (χ2n) is 9.25. The molecule has 10 nitrogen and oxygen atoms in total. The molecule has 2 fully saturated rings. The van der Waals surface area contributed by atoms with Crippen molar-refractivity contribution in [3.05, 3.63) is 48.5 Å². The van der Waals surface area contributed by atoms with E-state index in [4.69, 9.17) is 4.74 Å². The maximum atomic E-state index is 12.9. The van der Waals surface area contributed by atoms with E-state index >= 15 is 0 Å². The quantitative estimate of drug-likeness (QED) is 0.625. The van der Waals surface area contributed by atoms with E-state index < -0.39 is 16.1 Å². The normalized spacial score (nSPS) is 19.8. The topological polar surface area (TPSA) is 96.9 Å². The number of para-hydroxylation sites is 2. The SMILES string of the molecule is O=C(O)N1CCN(c2ccc(N3CCN(S(=O)(=O)CCN4CCOCC4)CC3)cc2)c2ccccc21. The highest BCUT2D eigenvalue weighted by atomic mass is 32.2. The molecule has 0 spiro atoms. The van der Waals surface area contributed by atoms with Crippen molar-refractivity contribution in [2.75, 3.05) is 92.6 Å². The lowest BCUT2D eigenvalue weighted by molar-refractivity contribution is 0.0407. The molecule has 11 heteroatoms. The molecule has 3 aliphatic heterocycles. The lowest BCUT2D eigenvalue weighted by atomic mass is 10.1. The minimum Gasteiger partial charge on any atom is -0.465 e. The first-order valence-electron chi connectivity index (χ1n) is 12.4. The van der Waals surface area contributed by atoms with E-state index in [0.29, 0.717) is 64.7 Å². The van der Waals surface area contributed by atoms with E-state index in [1.807, 2.05) is 36.4 Å². The molecule has 1 amide bonds. The Hall–Kier alpha value is -2.86. The predicted molar refractivity (Wildman–Crippen MR) is 140 cm³/mol. The first-order chi connectivity index (χ1) is 17.4. The number of piperazine rings is 1. The molecule has 0 radical (unpaired) electrons. The first-order valence-corrected chi connectivity index (χ1v) is 14.0. The van der Waals surface area contributed by atoms with Gasteiger partial charge in [0.2, 0.25) is 10.0 Å². The second-order valence-corrected chi connectivity index (χ2v) is 11.3. The Kier molecular flexibility index (Phi) is 7.33. The van der Waals surface area contributed by atoms with Gasteiger partial charge >= 0.3 is 6.09 Å². The van der Waals surface area contributed by atoms with Crippen LogP contribution in [-0.4, -0.2) is 107 Å². The van der Waals surface area contributed by atoms with Gasteiger partial charge in [-0.25, -0.2) is 13.2 Å². The van der Waals surface area contributed by atoms with Crippen molar-refractivity contribution in [1.29, 1.82) is 0 Å². The Morgan fingerprint density at radius 3 is 2.11 bits per heavy atom. The van der Waals surface area contributed by atoms with Crippen LogP contribution in [-0.2, 0) is 14.8 Å². The van der Waals surface area contributed by atoms with Crippen molar-refractivity contribution in [2.45, 2.75) is 0 Å². The lowest BCUT2D eigenvalue weighted by Crippen LogP contribution is -2.50. The van der Waals surface area contributed by atoms with Gasteiger partial charge in [-0.15, -0.1) is 0 Å². The zero-order valence-corrected chi connectivity index (χ0v) is 21.1. The molecule has 2 aromatic carbocycles. The summed E-state index contributed by atoms with van der Waals surface area (Å²) in [5, 5.41) is 9.54.